The number of amides is 3. The van der Waals surface area contributed by atoms with Gasteiger partial charge in [0.2, 0.25) is 0 Å². The van der Waals surface area contributed by atoms with Crippen LogP contribution in [0.2, 0.25) is 0 Å². The molecule has 0 atom stereocenters. The van der Waals surface area contributed by atoms with E-state index in [0.29, 0.717) is 35.5 Å². The number of anilines is 1. The van der Waals surface area contributed by atoms with Crippen molar-refractivity contribution in [2.45, 2.75) is 20.4 Å². The van der Waals surface area contributed by atoms with E-state index in [-0.39, 0.29) is 17.7 Å². The quantitative estimate of drug-likeness (QED) is 0.551. The van der Waals surface area contributed by atoms with Crippen molar-refractivity contribution in [2.24, 2.45) is 0 Å². The number of thiophene rings is 1. The SMILES string of the molecule is Cc1ccc(C)c(N2C(=O)c3ccc(C(=O)N4CCN(Cc5cccs5)CC4)cc3C2=O)c1. The molecule has 0 unspecified atom stereocenters. The van der Waals surface area contributed by atoms with Gasteiger partial charge in [-0.05, 0) is 60.7 Å². The minimum absolute atomic E-state index is 0.0981. The zero-order valence-electron chi connectivity index (χ0n) is 18.7. The molecule has 33 heavy (non-hydrogen) atoms. The molecule has 0 aliphatic carbocycles. The second-order valence-corrected chi connectivity index (χ2v) is 9.68. The van der Waals surface area contributed by atoms with E-state index in [1.807, 2.05) is 36.9 Å². The summed E-state index contributed by atoms with van der Waals surface area (Å²) in [6.07, 6.45) is 0. The van der Waals surface area contributed by atoms with Crippen LogP contribution in [0.4, 0.5) is 5.69 Å². The maximum absolute atomic E-state index is 13.2. The van der Waals surface area contributed by atoms with Crippen LogP contribution in [0.3, 0.4) is 0 Å². The Hall–Kier alpha value is -3.29. The summed E-state index contributed by atoms with van der Waals surface area (Å²) in [4.78, 5) is 46.1. The van der Waals surface area contributed by atoms with Crippen LogP contribution < -0.4 is 4.90 Å². The van der Waals surface area contributed by atoms with E-state index in [2.05, 4.69) is 22.4 Å². The summed E-state index contributed by atoms with van der Waals surface area (Å²) in [6, 6.07) is 14.8. The van der Waals surface area contributed by atoms with Crippen molar-refractivity contribution in [3.8, 4) is 0 Å². The number of carbonyl (C=O) groups excluding carboxylic acids is 3. The molecule has 0 saturated carbocycles. The van der Waals surface area contributed by atoms with Gasteiger partial charge in [-0.1, -0.05) is 18.2 Å². The lowest BCUT2D eigenvalue weighted by Gasteiger charge is -2.34. The zero-order chi connectivity index (χ0) is 23.1. The summed E-state index contributed by atoms with van der Waals surface area (Å²) in [7, 11) is 0. The molecule has 1 fully saturated rings. The van der Waals surface area contributed by atoms with Crippen molar-refractivity contribution in [3.05, 3.63) is 86.6 Å². The normalized spacial score (nSPS) is 16.4. The molecule has 0 N–H and O–H groups in total. The summed E-state index contributed by atoms with van der Waals surface area (Å²) in [5.41, 5.74) is 3.51. The number of carbonyl (C=O) groups is 3. The van der Waals surface area contributed by atoms with Gasteiger partial charge in [0.25, 0.3) is 17.7 Å². The molecule has 2 aromatic carbocycles. The van der Waals surface area contributed by atoms with Crippen LogP contribution in [0.5, 0.6) is 0 Å². The lowest BCUT2D eigenvalue weighted by atomic mass is 10.0. The van der Waals surface area contributed by atoms with Gasteiger partial charge in [-0.25, -0.2) is 4.90 Å². The summed E-state index contributed by atoms with van der Waals surface area (Å²) in [5.74, 6) is -0.817. The minimum Gasteiger partial charge on any atom is -0.336 e. The number of piperazine rings is 1. The van der Waals surface area contributed by atoms with Crippen LogP contribution in [0.15, 0.2) is 53.9 Å². The highest BCUT2D eigenvalue weighted by molar-refractivity contribution is 7.09. The molecule has 0 radical (unpaired) electrons. The Bertz CT molecular complexity index is 1240. The van der Waals surface area contributed by atoms with Crippen LogP contribution in [-0.2, 0) is 6.54 Å². The highest BCUT2D eigenvalue weighted by atomic mass is 32.1. The molecule has 0 bridgehead atoms. The number of aryl methyl sites for hydroxylation is 2. The van der Waals surface area contributed by atoms with Gasteiger partial charge in [0.05, 0.1) is 16.8 Å². The molecule has 7 heteroatoms. The lowest BCUT2D eigenvalue weighted by Crippen LogP contribution is -2.48. The van der Waals surface area contributed by atoms with Crippen molar-refractivity contribution in [2.75, 3.05) is 31.1 Å². The van der Waals surface area contributed by atoms with Gasteiger partial charge < -0.3 is 4.90 Å². The van der Waals surface area contributed by atoms with Crippen LogP contribution in [-0.4, -0.2) is 53.7 Å². The number of fused-ring (bicyclic) bond motifs is 1. The first kappa shape index (κ1) is 21.6. The maximum Gasteiger partial charge on any atom is 0.266 e. The molecule has 168 valence electrons. The second kappa shape index (κ2) is 8.57. The van der Waals surface area contributed by atoms with E-state index in [0.717, 1.165) is 30.8 Å². The fourth-order valence-corrected chi connectivity index (χ4v) is 5.21. The fraction of sp³-hybridized carbons (Fsp3) is 0.269. The van der Waals surface area contributed by atoms with E-state index in [1.165, 1.54) is 9.78 Å². The van der Waals surface area contributed by atoms with Crippen LogP contribution in [0.25, 0.3) is 0 Å². The van der Waals surface area contributed by atoms with E-state index >= 15 is 0 Å². The Balaban J connectivity index is 1.32. The number of benzene rings is 2. The molecule has 2 aliphatic rings. The number of hydrogen-bond acceptors (Lipinski definition) is 5. The molecule has 6 nitrogen and oxygen atoms in total. The first-order valence-electron chi connectivity index (χ1n) is 11.1. The maximum atomic E-state index is 13.2. The molecule has 3 heterocycles. The molecule has 1 aromatic heterocycles. The number of rotatable bonds is 4. The monoisotopic (exact) mass is 459 g/mol. The van der Waals surface area contributed by atoms with Gasteiger partial charge in [-0.2, -0.15) is 0 Å². The standard InChI is InChI=1S/C26H25N3O3S/c1-17-5-6-18(2)23(14-17)29-25(31)21-8-7-19(15-22(21)26(29)32)24(30)28-11-9-27(10-12-28)16-20-4-3-13-33-20/h3-8,13-15H,9-12,16H2,1-2H3. The van der Waals surface area contributed by atoms with Gasteiger partial charge in [0.15, 0.2) is 0 Å². The molecule has 5 rings (SSSR count). The largest absolute Gasteiger partial charge is 0.336 e. The van der Waals surface area contributed by atoms with E-state index in [4.69, 9.17) is 0 Å². The first-order chi connectivity index (χ1) is 15.9. The fourth-order valence-electron chi connectivity index (χ4n) is 4.47. The third-order valence-corrected chi connectivity index (χ3v) is 7.22. The number of nitrogens with zero attached hydrogens (tertiary/aromatic N) is 3. The third-order valence-electron chi connectivity index (χ3n) is 6.36. The van der Waals surface area contributed by atoms with Crippen molar-refractivity contribution in [1.82, 2.24) is 9.80 Å². The van der Waals surface area contributed by atoms with E-state index in [1.54, 1.807) is 29.5 Å². The molecule has 2 aliphatic heterocycles. The zero-order valence-corrected chi connectivity index (χ0v) is 19.5. The van der Waals surface area contributed by atoms with Crippen LogP contribution >= 0.6 is 11.3 Å². The predicted molar refractivity (Wildman–Crippen MR) is 129 cm³/mol. The third kappa shape index (κ3) is 3.98. The van der Waals surface area contributed by atoms with Crippen molar-refractivity contribution < 1.29 is 14.4 Å². The van der Waals surface area contributed by atoms with Gasteiger partial charge in [-0.3, -0.25) is 19.3 Å². The smallest absolute Gasteiger partial charge is 0.266 e. The summed E-state index contributed by atoms with van der Waals surface area (Å²) in [6.45, 7) is 7.62. The van der Waals surface area contributed by atoms with Gasteiger partial charge in [0.1, 0.15) is 0 Å². The van der Waals surface area contributed by atoms with Crippen molar-refractivity contribution >= 4 is 34.7 Å². The van der Waals surface area contributed by atoms with Gasteiger partial charge >= 0.3 is 0 Å². The minimum atomic E-state index is -0.376. The van der Waals surface area contributed by atoms with E-state index < -0.39 is 0 Å². The Morgan fingerprint density at radius 2 is 1.67 bits per heavy atom. The Morgan fingerprint density at radius 3 is 2.39 bits per heavy atom. The number of hydrogen-bond donors (Lipinski definition) is 0. The van der Waals surface area contributed by atoms with E-state index in [9.17, 15) is 14.4 Å². The molecular weight excluding hydrogens is 434 g/mol. The molecular formula is C26H25N3O3S. The van der Waals surface area contributed by atoms with Gasteiger partial charge in [0, 0.05) is 43.2 Å². The Labute approximate surface area is 197 Å². The van der Waals surface area contributed by atoms with Gasteiger partial charge in [-0.15, -0.1) is 11.3 Å². The summed E-state index contributed by atoms with van der Waals surface area (Å²) >= 11 is 1.75. The van der Waals surface area contributed by atoms with Crippen molar-refractivity contribution in [3.63, 3.8) is 0 Å². The van der Waals surface area contributed by atoms with Crippen molar-refractivity contribution in [1.29, 1.82) is 0 Å². The molecule has 0 spiro atoms. The molecule has 3 aromatic rings. The topological polar surface area (TPSA) is 60.9 Å². The number of imide groups is 1. The molecule has 3 amide bonds. The highest BCUT2D eigenvalue weighted by Gasteiger charge is 2.38. The summed E-state index contributed by atoms with van der Waals surface area (Å²) < 4.78 is 0. The second-order valence-electron chi connectivity index (χ2n) is 8.64. The van der Waals surface area contributed by atoms with Crippen LogP contribution in [0, 0.1) is 13.8 Å². The lowest BCUT2D eigenvalue weighted by molar-refractivity contribution is 0.0629. The predicted octanol–water partition coefficient (Wildman–Crippen LogP) is 4.12. The Kier molecular flexibility index (Phi) is 5.60. The average molecular weight is 460 g/mol. The average Bonchev–Trinajstić information content (AvgIpc) is 3.42. The Morgan fingerprint density at radius 1 is 0.909 bits per heavy atom. The molecule has 1 saturated heterocycles. The highest BCUT2D eigenvalue weighted by Crippen LogP contribution is 2.32. The van der Waals surface area contributed by atoms with Crippen LogP contribution in [0.1, 0.15) is 47.1 Å². The first-order valence-corrected chi connectivity index (χ1v) is 11.9. The summed E-state index contributed by atoms with van der Waals surface area (Å²) in [5, 5.41) is 2.08.